The van der Waals surface area contributed by atoms with E-state index in [-0.39, 0.29) is 18.0 Å². The number of nitrogens with one attached hydrogen (secondary N) is 1. The molecule has 0 radical (unpaired) electrons. The van der Waals surface area contributed by atoms with Crippen LogP contribution in [-0.4, -0.2) is 12.6 Å². The summed E-state index contributed by atoms with van der Waals surface area (Å²) in [5.74, 6) is 1.09. The van der Waals surface area contributed by atoms with E-state index in [0.29, 0.717) is 5.92 Å². The number of rotatable bonds is 3. The zero-order chi connectivity index (χ0) is 12.4. The van der Waals surface area contributed by atoms with Gasteiger partial charge in [0.25, 0.3) is 0 Å². The molecule has 1 N–H and O–H groups in total. The molecule has 1 aromatic rings. The standard InChI is InChI=1S/C14H20FNO/c1-4-16-12-8-14(9(2)3)17-13-6-5-10(15)7-11(12)13/h5-7,9,12,14,16H,4,8H2,1-3H3. The lowest BCUT2D eigenvalue weighted by molar-refractivity contribution is 0.107. The van der Waals surface area contributed by atoms with Crippen LogP contribution >= 0.6 is 0 Å². The molecule has 0 aliphatic carbocycles. The number of hydrogen-bond donors (Lipinski definition) is 1. The molecule has 94 valence electrons. The Bertz CT molecular complexity index is 392. The first-order chi connectivity index (χ1) is 8.11. The fourth-order valence-electron chi connectivity index (χ4n) is 2.32. The van der Waals surface area contributed by atoms with Gasteiger partial charge < -0.3 is 10.1 Å². The number of fused-ring (bicyclic) bond motifs is 1. The summed E-state index contributed by atoms with van der Waals surface area (Å²) in [6.45, 7) is 7.26. The summed E-state index contributed by atoms with van der Waals surface area (Å²) in [4.78, 5) is 0. The largest absolute Gasteiger partial charge is 0.490 e. The molecule has 0 amide bonds. The minimum atomic E-state index is -0.196. The van der Waals surface area contributed by atoms with Crippen molar-refractivity contribution in [1.82, 2.24) is 5.32 Å². The normalized spacial score (nSPS) is 23.4. The van der Waals surface area contributed by atoms with Crippen molar-refractivity contribution in [3.63, 3.8) is 0 Å². The monoisotopic (exact) mass is 237 g/mol. The highest BCUT2D eigenvalue weighted by Crippen LogP contribution is 2.37. The topological polar surface area (TPSA) is 21.3 Å². The maximum atomic E-state index is 13.3. The van der Waals surface area contributed by atoms with Gasteiger partial charge in [-0.15, -0.1) is 0 Å². The van der Waals surface area contributed by atoms with E-state index >= 15 is 0 Å². The summed E-state index contributed by atoms with van der Waals surface area (Å²) in [5, 5.41) is 3.41. The summed E-state index contributed by atoms with van der Waals surface area (Å²) in [6, 6.07) is 4.99. The summed E-state index contributed by atoms with van der Waals surface area (Å²) in [6.07, 6.45) is 1.11. The molecule has 2 unspecified atom stereocenters. The van der Waals surface area contributed by atoms with Crippen LogP contribution < -0.4 is 10.1 Å². The fourth-order valence-corrected chi connectivity index (χ4v) is 2.32. The van der Waals surface area contributed by atoms with E-state index in [9.17, 15) is 4.39 Å². The van der Waals surface area contributed by atoms with Crippen molar-refractivity contribution in [2.45, 2.75) is 39.3 Å². The Morgan fingerprint density at radius 1 is 1.47 bits per heavy atom. The summed E-state index contributed by atoms with van der Waals surface area (Å²) >= 11 is 0. The maximum Gasteiger partial charge on any atom is 0.124 e. The Morgan fingerprint density at radius 3 is 2.88 bits per heavy atom. The SMILES string of the molecule is CCNC1CC(C(C)C)Oc2ccc(F)cc21. The van der Waals surface area contributed by atoms with E-state index in [1.807, 2.05) is 0 Å². The van der Waals surface area contributed by atoms with Crippen LogP contribution in [0.25, 0.3) is 0 Å². The van der Waals surface area contributed by atoms with Crippen LogP contribution in [0.4, 0.5) is 4.39 Å². The van der Waals surface area contributed by atoms with Crippen LogP contribution in [-0.2, 0) is 0 Å². The molecule has 1 heterocycles. The van der Waals surface area contributed by atoms with Crippen molar-refractivity contribution < 1.29 is 9.13 Å². The summed E-state index contributed by atoms with van der Waals surface area (Å²) in [5.41, 5.74) is 0.948. The van der Waals surface area contributed by atoms with Crippen LogP contribution in [0.2, 0.25) is 0 Å². The Hall–Kier alpha value is -1.09. The lowest BCUT2D eigenvalue weighted by Gasteiger charge is -2.34. The van der Waals surface area contributed by atoms with Crippen molar-refractivity contribution in [1.29, 1.82) is 0 Å². The third-order valence-corrected chi connectivity index (χ3v) is 3.29. The quantitative estimate of drug-likeness (QED) is 0.871. The van der Waals surface area contributed by atoms with E-state index in [2.05, 4.69) is 26.1 Å². The van der Waals surface area contributed by atoms with Gasteiger partial charge >= 0.3 is 0 Å². The first-order valence-electron chi connectivity index (χ1n) is 6.31. The van der Waals surface area contributed by atoms with Crippen LogP contribution in [0.3, 0.4) is 0 Å². The molecule has 0 aromatic heterocycles. The molecule has 0 saturated carbocycles. The number of benzene rings is 1. The molecule has 2 rings (SSSR count). The molecule has 3 heteroatoms. The third-order valence-electron chi connectivity index (χ3n) is 3.29. The van der Waals surface area contributed by atoms with Gasteiger partial charge in [0.2, 0.25) is 0 Å². The highest BCUT2D eigenvalue weighted by atomic mass is 19.1. The second-order valence-electron chi connectivity index (χ2n) is 4.93. The van der Waals surface area contributed by atoms with E-state index in [0.717, 1.165) is 24.3 Å². The van der Waals surface area contributed by atoms with Crippen LogP contribution in [0, 0.1) is 11.7 Å². The van der Waals surface area contributed by atoms with Crippen LogP contribution in [0.5, 0.6) is 5.75 Å². The average Bonchev–Trinajstić information content (AvgIpc) is 2.29. The smallest absolute Gasteiger partial charge is 0.124 e. The molecule has 0 spiro atoms. The molecule has 0 fully saturated rings. The predicted molar refractivity (Wildman–Crippen MR) is 66.7 cm³/mol. The third kappa shape index (κ3) is 2.60. The number of hydrogen-bond acceptors (Lipinski definition) is 2. The van der Waals surface area contributed by atoms with E-state index < -0.39 is 0 Å². The first kappa shape index (κ1) is 12.4. The van der Waals surface area contributed by atoms with E-state index in [1.165, 1.54) is 6.07 Å². The Morgan fingerprint density at radius 2 is 2.24 bits per heavy atom. The molecule has 17 heavy (non-hydrogen) atoms. The Kier molecular flexibility index (Phi) is 3.67. The Balaban J connectivity index is 2.31. The molecule has 1 aliphatic heterocycles. The lowest BCUT2D eigenvalue weighted by atomic mass is 9.91. The van der Waals surface area contributed by atoms with Gasteiger partial charge in [-0.1, -0.05) is 20.8 Å². The summed E-state index contributed by atoms with van der Waals surface area (Å²) < 4.78 is 19.2. The summed E-state index contributed by atoms with van der Waals surface area (Å²) in [7, 11) is 0. The van der Waals surface area contributed by atoms with E-state index in [1.54, 1.807) is 12.1 Å². The van der Waals surface area contributed by atoms with Gasteiger partial charge in [0.15, 0.2) is 0 Å². The van der Waals surface area contributed by atoms with Crippen molar-refractivity contribution in [2.24, 2.45) is 5.92 Å². The fraction of sp³-hybridized carbons (Fsp3) is 0.571. The molecule has 1 aromatic carbocycles. The van der Waals surface area contributed by atoms with Crippen molar-refractivity contribution in [3.8, 4) is 5.75 Å². The highest BCUT2D eigenvalue weighted by molar-refractivity contribution is 5.38. The first-order valence-corrected chi connectivity index (χ1v) is 6.31. The van der Waals surface area contributed by atoms with Gasteiger partial charge in [0, 0.05) is 18.0 Å². The number of halogens is 1. The van der Waals surface area contributed by atoms with Gasteiger partial charge in [-0.05, 0) is 30.7 Å². The average molecular weight is 237 g/mol. The predicted octanol–water partition coefficient (Wildman–Crippen LogP) is 3.28. The zero-order valence-electron chi connectivity index (χ0n) is 10.7. The molecular weight excluding hydrogens is 217 g/mol. The van der Waals surface area contributed by atoms with Gasteiger partial charge in [-0.25, -0.2) is 4.39 Å². The molecule has 1 aliphatic rings. The minimum Gasteiger partial charge on any atom is -0.490 e. The van der Waals surface area contributed by atoms with E-state index in [4.69, 9.17) is 4.74 Å². The van der Waals surface area contributed by atoms with Gasteiger partial charge in [-0.3, -0.25) is 0 Å². The van der Waals surface area contributed by atoms with Gasteiger partial charge in [0.1, 0.15) is 17.7 Å². The zero-order valence-corrected chi connectivity index (χ0v) is 10.7. The van der Waals surface area contributed by atoms with Crippen molar-refractivity contribution in [2.75, 3.05) is 6.54 Å². The molecule has 0 bridgehead atoms. The van der Waals surface area contributed by atoms with Gasteiger partial charge in [-0.2, -0.15) is 0 Å². The second kappa shape index (κ2) is 5.05. The number of ether oxygens (including phenoxy) is 1. The lowest BCUT2D eigenvalue weighted by Crippen LogP contribution is -2.35. The minimum absolute atomic E-state index is 0.196. The van der Waals surface area contributed by atoms with Gasteiger partial charge in [0.05, 0.1) is 0 Å². The highest BCUT2D eigenvalue weighted by Gasteiger charge is 2.29. The van der Waals surface area contributed by atoms with Crippen LogP contribution in [0.1, 0.15) is 38.8 Å². The second-order valence-corrected chi connectivity index (χ2v) is 4.93. The molecule has 2 atom stereocenters. The van der Waals surface area contributed by atoms with Crippen LogP contribution in [0.15, 0.2) is 18.2 Å². The maximum absolute atomic E-state index is 13.3. The molecular formula is C14H20FNO. The Labute approximate surface area is 102 Å². The van der Waals surface area contributed by atoms with Crippen molar-refractivity contribution in [3.05, 3.63) is 29.6 Å². The molecule has 0 saturated heterocycles. The molecule has 2 nitrogen and oxygen atoms in total. The van der Waals surface area contributed by atoms with Crippen molar-refractivity contribution >= 4 is 0 Å².